The molecule has 0 aliphatic heterocycles. The van der Waals surface area contributed by atoms with Crippen molar-refractivity contribution in [2.75, 3.05) is 6.61 Å². The van der Waals surface area contributed by atoms with E-state index in [-0.39, 0.29) is 29.9 Å². The van der Waals surface area contributed by atoms with E-state index in [1.807, 2.05) is 0 Å². The van der Waals surface area contributed by atoms with Gasteiger partial charge in [0.2, 0.25) is 5.91 Å². The summed E-state index contributed by atoms with van der Waals surface area (Å²) < 4.78 is 0. The molecule has 110 valence electrons. The average molecular weight is 267 g/mol. The summed E-state index contributed by atoms with van der Waals surface area (Å²) >= 11 is 0. The van der Waals surface area contributed by atoms with Gasteiger partial charge in [0, 0.05) is 17.4 Å². The first kappa shape index (κ1) is 14.8. The minimum Gasteiger partial charge on any atom is -0.396 e. The van der Waals surface area contributed by atoms with Crippen LogP contribution in [-0.4, -0.2) is 23.7 Å². The Balaban J connectivity index is 1.93. The molecular formula is C16H29NO2. The highest BCUT2D eigenvalue weighted by atomic mass is 16.3. The number of aliphatic hydroxyl groups excluding tert-OH is 1. The second-order valence-electron chi connectivity index (χ2n) is 7.38. The zero-order valence-corrected chi connectivity index (χ0v) is 12.6. The summed E-state index contributed by atoms with van der Waals surface area (Å²) in [6, 6.07) is 0.164. The Morgan fingerprint density at radius 1 is 1.26 bits per heavy atom. The quantitative estimate of drug-likeness (QED) is 0.826. The Labute approximate surface area is 117 Å². The first-order chi connectivity index (χ1) is 8.94. The standard InChI is InChI=1S/C16H29NO2/c1-11-7-12(2)9-13(8-11)15(19)17-14-5-4-6-16(14,3)10-18/h11-14,18H,4-10H2,1-3H3,(H,17,19). The Bertz CT molecular complexity index is 321. The predicted octanol–water partition coefficient (Wildman–Crippen LogP) is 2.73. The summed E-state index contributed by atoms with van der Waals surface area (Å²) in [7, 11) is 0. The van der Waals surface area contributed by atoms with E-state index in [0.29, 0.717) is 11.8 Å². The molecular weight excluding hydrogens is 238 g/mol. The molecule has 2 aliphatic carbocycles. The number of hydrogen-bond donors (Lipinski definition) is 2. The number of aliphatic hydroxyl groups is 1. The van der Waals surface area contributed by atoms with Crippen LogP contribution in [0.4, 0.5) is 0 Å². The molecule has 1 amide bonds. The van der Waals surface area contributed by atoms with Gasteiger partial charge in [0.15, 0.2) is 0 Å². The maximum Gasteiger partial charge on any atom is 0.223 e. The SMILES string of the molecule is CC1CC(C)CC(C(=O)NC2CCCC2(C)CO)C1. The van der Waals surface area contributed by atoms with Crippen LogP contribution in [0.3, 0.4) is 0 Å². The van der Waals surface area contributed by atoms with Crippen molar-refractivity contribution in [3.63, 3.8) is 0 Å². The molecule has 19 heavy (non-hydrogen) atoms. The fourth-order valence-corrected chi connectivity index (χ4v) is 4.12. The molecule has 2 fully saturated rings. The van der Waals surface area contributed by atoms with Gasteiger partial charge in [-0.05, 0) is 43.9 Å². The zero-order chi connectivity index (χ0) is 14.0. The summed E-state index contributed by atoms with van der Waals surface area (Å²) in [5.74, 6) is 1.73. The number of carbonyl (C=O) groups is 1. The van der Waals surface area contributed by atoms with E-state index in [2.05, 4.69) is 26.1 Å². The summed E-state index contributed by atoms with van der Waals surface area (Å²) in [5.41, 5.74) is -0.110. The molecule has 2 N–H and O–H groups in total. The molecule has 4 atom stereocenters. The van der Waals surface area contributed by atoms with Crippen molar-refractivity contribution >= 4 is 5.91 Å². The summed E-state index contributed by atoms with van der Waals surface area (Å²) in [6.45, 7) is 6.78. The minimum atomic E-state index is -0.110. The molecule has 0 spiro atoms. The number of nitrogens with one attached hydrogen (secondary N) is 1. The molecule has 2 saturated carbocycles. The van der Waals surface area contributed by atoms with Crippen molar-refractivity contribution in [3.05, 3.63) is 0 Å². The van der Waals surface area contributed by atoms with Crippen LogP contribution < -0.4 is 5.32 Å². The maximum atomic E-state index is 12.5. The van der Waals surface area contributed by atoms with Crippen LogP contribution in [0.15, 0.2) is 0 Å². The van der Waals surface area contributed by atoms with Crippen molar-refractivity contribution in [2.24, 2.45) is 23.2 Å². The fraction of sp³-hybridized carbons (Fsp3) is 0.938. The number of amides is 1. The monoisotopic (exact) mass is 267 g/mol. The van der Waals surface area contributed by atoms with Gasteiger partial charge in [-0.25, -0.2) is 0 Å². The van der Waals surface area contributed by atoms with Crippen LogP contribution in [-0.2, 0) is 4.79 Å². The third-order valence-corrected chi connectivity index (χ3v) is 5.31. The summed E-state index contributed by atoms with van der Waals surface area (Å²) in [5, 5.41) is 12.8. The van der Waals surface area contributed by atoms with E-state index in [9.17, 15) is 9.90 Å². The zero-order valence-electron chi connectivity index (χ0n) is 12.6. The van der Waals surface area contributed by atoms with Crippen molar-refractivity contribution in [2.45, 2.75) is 65.3 Å². The molecule has 4 unspecified atom stereocenters. The van der Waals surface area contributed by atoms with E-state index in [1.165, 1.54) is 6.42 Å². The molecule has 0 aromatic carbocycles. The average Bonchev–Trinajstić information content (AvgIpc) is 2.70. The number of carbonyl (C=O) groups excluding carboxylic acids is 1. The molecule has 2 aliphatic rings. The van der Waals surface area contributed by atoms with Crippen LogP contribution >= 0.6 is 0 Å². The van der Waals surface area contributed by atoms with Crippen molar-refractivity contribution in [3.8, 4) is 0 Å². The molecule has 0 radical (unpaired) electrons. The highest BCUT2D eigenvalue weighted by Gasteiger charge is 2.40. The molecule has 0 saturated heterocycles. The number of hydrogen-bond acceptors (Lipinski definition) is 2. The highest BCUT2D eigenvalue weighted by molar-refractivity contribution is 5.79. The third kappa shape index (κ3) is 3.31. The van der Waals surface area contributed by atoms with Gasteiger partial charge in [-0.15, -0.1) is 0 Å². The molecule has 2 rings (SSSR count). The van der Waals surface area contributed by atoms with E-state index >= 15 is 0 Å². The van der Waals surface area contributed by atoms with Crippen LogP contribution in [0.2, 0.25) is 0 Å². The molecule has 0 aromatic heterocycles. The van der Waals surface area contributed by atoms with Crippen molar-refractivity contribution in [1.29, 1.82) is 0 Å². The predicted molar refractivity (Wildman–Crippen MR) is 76.6 cm³/mol. The van der Waals surface area contributed by atoms with E-state index in [1.54, 1.807) is 0 Å². The maximum absolute atomic E-state index is 12.5. The Morgan fingerprint density at radius 3 is 2.47 bits per heavy atom. The minimum absolute atomic E-state index is 0.110. The van der Waals surface area contributed by atoms with Gasteiger partial charge in [0.1, 0.15) is 0 Å². The third-order valence-electron chi connectivity index (χ3n) is 5.31. The topological polar surface area (TPSA) is 49.3 Å². The van der Waals surface area contributed by atoms with Gasteiger partial charge in [-0.3, -0.25) is 4.79 Å². The normalized spacial score (nSPS) is 43.2. The second kappa shape index (κ2) is 5.82. The molecule has 3 heteroatoms. The van der Waals surface area contributed by atoms with Crippen LogP contribution in [0, 0.1) is 23.2 Å². The van der Waals surface area contributed by atoms with Gasteiger partial charge < -0.3 is 10.4 Å². The first-order valence-electron chi connectivity index (χ1n) is 7.86. The second-order valence-corrected chi connectivity index (χ2v) is 7.38. The lowest BCUT2D eigenvalue weighted by Crippen LogP contribution is -2.47. The van der Waals surface area contributed by atoms with Gasteiger partial charge in [0.25, 0.3) is 0 Å². The summed E-state index contributed by atoms with van der Waals surface area (Å²) in [6.07, 6.45) is 6.45. The van der Waals surface area contributed by atoms with Crippen molar-refractivity contribution < 1.29 is 9.90 Å². The summed E-state index contributed by atoms with van der Waals surface area (Å²) in [4.78, 5) is 12.5. The van der Waals surface area contributed by atoms with Crippen LogP contribution in [0.5, 0.6) is 0 Å². The molecule has 0 aromatic rings. The largest absolute Gasteiger partial charge is 0.396 e. The van der Waals surface area contributed by atoms with Gasteiger partial charge >= 0.3 is 0 Å². The fourth-order valence-electron chi connectivity index (χ4n) is 4.12. The highest BCUT2D eigenvalue weighted by Crippen LogP contribution is 2.38. The Morgan fingerprint density at radius 2 is 1.89 bits per heavy atom. The van der Waals surface area contributed by atoms with Crippen LogP contribution in [0.1, 0.15) is 59.3 Å². The van der Waals surface area contributed by atoms with Gasteiger partial charge in [0.05, 0.1) is 6.61 Å². The van der Waals surface area contributed by atoms with E-state index in [0.717, 1.165) is 32.1 Å². The Kier molecular flexibility index (Phi) is 4.54. The van der Waals surface area contributed by atoms with Gasteiger partial charge in [-0.1, -0.05) is 27.2 Å². The molecule has 0 heterocycles. The molecule has 0 bridgehead atoms. The Hall–Kier alpha value is -0.570. The lowest BCUT2D eigenvalue weighted by Gasteiger charge is -2.34. The van der Waals surface area contributed by atoms with Gasteiger partial charge in [-0.2, -0.15) is 0 Å². The van der Waals surface area contributed by atoms with E-state index in [4.69, 9.17) is 0 Å². The lowest BCUT2D eigenvalue weighted by molar-refractivity contribution is -0.128. The van der Waals surface area contributed by atoms with Crippen molar-refractivity contribution in [1.82, 2.24) is 5.32 Å². The number of rotatable bonds is 3. The lowest BCUT2D eigenvalue weighted by atomic mass is 9.76. The first-order valence-corrected chi connectivity index (χ1v) is 7.86. The van der Waals surface area contributed by atoms with Crippen LogP contribution in [0.25, 0.3) is 0 Å². The smallest absolute Gasteiger partial charge is 0.223 e. The molecule has 3 nitrogen and oxygen atoms in total. The van der Waals surface area contributed by atoms with E-state index < -0.39 is 0 Å².